The molecule has 18 heavy (non-hydrogen) atoms. The highest BCUT2D eigenvalue weighted by atomic mass is 19.1. The zero-order valence-electron chi connectivity index (χ0n) is 11.2. The number of halogens is 1. The smallest absolute Gasteiger partial charge is 0.129 e. The van der Waals surface area contributed by atoms with Gasteiger partial charge in [0.2, 0.25) is 0 Å². The molecule has 2 nitrogen and oxygen atoms in total. The zero-order chi connectivity index (χ0) is 13.3. The minimum Gasteiger partial charge on any atom is -0.382 e. The number of nitrogens with one attached hydrogen (secondary N) is 1. The van der Waals surface area contributed by atoms with Gasteiger partial charge in [0.1, 0.15) is 5.82 Å². The quantitative estimate of drug-likeness (QED) is 0.856. The molecule has 1 aromatic rings. The lowest BCUT2D eigenvalue weighted by atomic mass is 9.92. The number of nitrogens with zero attached hydrogens (tertiary/aromatic N) is 1. The molecule has 0 bridgehead atoms. The molecule has 2 rings (SSSR count). The summed E-state index contributed by atoms with van der Waals surface area (Å²) in [4.78, 5) is 0. The van der Waals surface area contributed by atoms with E-state index in [9.17, 15) is 4.39 Å². The minimum absolute atomic E-state index is 0.311. The van der Waals surface area contributed by atoms with Crippen molar-refractivity contribution >= 4 is 5.69 Å². The molecule has 0 amide bonds. The molecular weight excluding hydrogens is 227 g/mol. The van der Waals surface area contributed by atoms with Crippen LogP contribution in [-0.2, 0) is 0 Å². The first-order chi connectivity index (χ1) is 8.41. The van der Waals surface area contributed by atoms with Gasteiger partial charge < -0.3 is 5.32 Å². The van der Waals surface area contributed by atoms with Crippen LogP contribution in [0.4, 0.5) is 10.1 Å². The molecule has 3 heteroatoms. The van der Waals surface area contributed by atoms with Crippen LogP contribution in [0.1, 0.15) is 44.2 Å². The zero-order valence-corrected chi connectivity index (χ0v) is 11.2. The van der Waals surface area contributed by atoms with E-state index in [1.165, 1.54) is 12.5 Å². The van der Waals surface area contributed by atoms with Crippen molar-refractivity contribution in [2.24, 2.45) is 5.41 Å². The lowest BCUT2D eigenvalue weighted by molar-refractivity contribution is 0.378. The molecule has 1 aromatic carbocycles. The molecule has 1 N–H and O–H groups in total. The Balaban J connectivity index is 2.20. The van der Waals surface area contributed by atoms with Gasteiger partial charge in [-0.1, -0.05) is 13.8 Å². The van der Waals surface area contributed by atoms with Crippen LogP contribution in [0.5, 0.6) is 0 Å². The summed E-state index contributed by atoms with van der Waals surface area (Å²) in [5, 5.41) is 12.3. The van der Waals surface area contributed by atoms with Gasteiger partial charge in [-0.25, -0.2) is 4.39 Å². The van der Waals surface area contributed by atoms with Crippen LogP contribution in [-0.4, -0.2) is 6.04 Å². The standard InChI is InChI=1S/C15H19FN2/c1-10-13(16)6-11(9-17)7-14(10)18-12-4-5-15(2,3)8-12/h6-7,12,18H,4-5,8H2,1-3H3. The van der Waals surface area contributed by atoms with Crippen LogP contribution in [0, 0.1) is 29.5 Å². The Morgan fingerprint density at radius 3 is 2.72 bits per heavy atom. The average molecular weight is 246 g/mol. The molecule has 1 fully saturated rings. The summed E-state index contributed by atoms with van der Waals surface area (Å²) in [6.07, 6.45) is 3.37. The van der Waals surface area contributed by atoms with E-state index in [1.54, 1.807) is 13.0 Å². The third-order valence-electron chi connectivity index (χ3n) is 3.80. The van der Waals surface area contributed by atoms with Gasteiger partial charge >= 0.3 is 0 Å². The van der Waals surface area contributed by atoms with E-state index in [-0.39, 0.29) is 5.82 Å². The number of benzene rings is 1. The van der Waals surface area contributed by atoms with Crippen LogP contribution >= 0.6 is 0 Å². The number of nitriles is 1. The largest absolute Gasteiger partial charge is 0.382 e. The Hall–Kier alpha value is -1.56. The van der Waals surface area contributed by atoms with Crippen molar-refractivity contribution < 1.29 is 4.39 Å². The summed E-state index contributed by atoms with van der Waals surface area (Å²) >= 11 is 0. The molecule has 0 aliphatic heterocycles. The minimum atomic E-state index is -0.311. The molecular formula is C15H19FN2. The maximum Gasteiger partial charge on any atom is 0.129 e. The van der Waals surface area contributed by atoms with Crippen molar-refractivity contribution in [3.63, 3.8) is 0 Å². The van der Waals surface area contributed by atoms with Crippen molar-refractivity contribution in [3.8, 4) is 6.07 Å². The average Bonchev–Trinajstić information content (AvgIpc) is 2.64. The molecule has 96 valence electrons. The third kappa shape index (κ3) is 2.64. The Kier molecular flexibility index (Phi) is 3.30. The Morgan fingerprint density at radius 1 is 1.44 bits per heavy atom. The number of rotatable bonds is 2. The second kappa shape index (κ2) is 4.61. The SMILES string of the molecule is Cc1c(F)cc(C#N)cc1NC1CCC(C)(C)C1. The summed E-state index contributed by atoms with van der Waals surface area (Å²) in [5.41, 5.74) is 2.09. The summed E-state index contributed by atoms with van der Waals surface area (Å²) in [7, 11) is 0. The molecule has 1 aliphatic carbocycles. The maximum absolute atomic E-state index is 13.7. The van der Waals surface area contributed by atoms with Gasteiger partial charge in [-0.05, 0) is 43.7 Å². The predicted octanol–water partition coefficient (Wildman–Crippen LogP) is 4.00. The highest BCUT2D eigenvalue weighted by molar-refractivity contribution is 5.56. The predicted molar refractivity (Wildman–Crippen MR) is 70.9 cm³/mol. The molecule has 1 atom stereocenters. The lowest BCUT2D eigenvalue weighted by Crippen LogP contribution is -2.18. The second-order valence-corrected chi connectivity index (χ2v) is 5.99. The molecule has 0 spiro atoms. The van der Waals surface area contributed by atoms with E-state index >= 15 is 0 Å². The van der Waals surface area contributed by atoms with E-state index in [1.807, 2.05) is 6.07 Å². The van der Waals surface area contributed by atoms with Crippen LogP contribution in [0.2, 0.25) is 0 Å². The number of anilines is 1. The van der Waals surface area contributed by atoms with Gasteiger partial charge in [-0.2, -0.15) is 5.26 Å². The fraction of sp³-hybridized carbons (Fsp3) is 0.533. The summed E-state index contributed by atoms with van der Waals surface area (Å²) in [5.74, 6) is -0.311. The van der Waals surface area contributed by atoms with E-state index in [4.69, 9.17) is 5.26 Å². The monoisotopic (exact) mass is 246 g/mol. The van der Waals surface area contributed by atoms with Crippen LogP contribution in [0.25, 0.3) is 0 Å². The molecule has 0 aromatic heterocycles. The van der Waals surface area contributed by atoms with Gasteiger partial charge in [-0.15, -0.1) is 0 Å². The van der Waals surface area contributed by atoms with E-state index < -0.39 is 0 Å². The normalized spacial score (nSPS) is 21.6. The van der Waals surface area contributed by atoms with Crippen molar-refractivity contribution in [1.29, 1.82) is 5.26 Å². The first kappa shape index (κ1) is 12.9. The van der Waals surface area contributed by atoms with Gasteiger partial charge in [0.25, 0.3) is 0 Å². The van der Waals surface area contributed by atoms with E-state index in [2.05, 4.69) is 19.2 Å². The highest BCUT2D eigenvalue weighted by Gasteiger charge is 2.31. The van der Waals surface area contributed by atoms with Gasteiger partial charge in [0, 0.05) is 17.3 Å². The van der Waals surface area contributed by atoms with Crippen LogP contribution in [0.3, 0.4) is 0 Å². The fourth-order valence-corrected chi connectivity index (χ4v) is 2.67. The summed E-state index contributed by atoms with van der Waals surface area (Å²) in [6.45, 7) is 6.26. The summed E-state index contributed by atoms with van der Waals surface area (Å²) in [6, 6.07) is 5.41. The number of hydrogen-bond donors (Lipinski definition) is 1. The summed E-state index contributed by atoms with van der Waals surface area (Å²) < 4.78 is 13.7. The maximum atomic E-state index is 13.7. The van der Waals surface area contributed by atoms with E-state index in [0.29, 0.717) is 22.6 Å². The van der Waals surface area contributed by atoms with Crippen molar-refractivity contribution in [3.05, 3.63) is 29.1 Å². The second-order valence-electron chi connectivity index (χ2n) is 5.99. The highest BCUT2D eigenvalue weighted by Crippen LogP contribution is 2.38. The van der Waals surface area contributed by atoms with E-state index in [0.717, 1.165) is 18.5 Å². The first-order valence-electron chi connectivity index (χ1n) is 6.38. The Bertz CT molecular complexity index is 500. The van der Waals surface area contributed by atoms with Crippen molar-refractivity contribution in [1.82, 2.24) is 0 Å². The molecule has 1 aliphatic rings. The Morgan fingerprint density at radius 2 is 2.17 bits per heavy atom. The Labute approximate surface area is 108 Å². The molecule has 0 heterocycles. The fourth-order valence-electron chi connectivity index (χ4n) is 2.67. The molecule has 0 radical (unpaired) electrons. The van der Waals surface area contributed by atoms with Gasteiger partial charge in [-0.3, -0.25) is 0 Å². The number of hydrogen-bond acceptors (Lipinski definition) is 2. The lowest BCUT2D eigenvalue weighted by Gasteiger charge is -2.20. The van der Waals surface area contributed by atoms with Gasteiger partial charge in [0.05, 0.1) is 11.6 Å². The van der Waals surface area contributed by atoms with Crippen LogP contribution in [0.15, 0.2) is 12.1 Å². The van der Waals surface area contributed by atoms with Crippen molar-refractivity contribution in [2.75, 3.05) is 5.32 Å². The topological polar surface area (TPSA) is 35.8 Å². The van der Waals surface area contributed by atoms with Crippen LogP contribution < -0.4 is 5.32 Å². The first-order valence-corrected chi connectivity index (χ1v) is 6.38. The molecule has 1 saturated carbocycles. The molecule has 0 saturated heterocycles. The molecule has 1 unspecified atom stereocenters. The van der Waals surface area contributed by atoms with Gasteiger partial charge in [0.15, 0.2) is 0 Å². The van der Waals surface area contributed by atoms with Crippen molar-refractivity contribution in [2.45, 2.75) is 46.1 Å². The third-order valence-corrected chi connectivity index (χ3v) is 3.80.